The van der Waals surface area contributed by atoms with E-state index in [2.05, 4.69) is 15.0 Å². The largest absolute Gasteiger partial charge is 0.338 e. The molecule has 3 atom stereocenters. The second-order valence-electron chi connectivity index (χ2n) is 6.73. The predicted molar refractivity (Wildman–Crippen MR) is 96.1 cm³/mol. The van der Waals surface area contributed by atoms with Gasteiger partial charge in [0.1, 0.15) is 0 Å². The molecule has 130 valence electrons. The Balaban J connectivity index is 0.00000169. The van der Waals surface area contributed by atoms with E-state index in [0.29, 0.717) is 35.2 Å². The van der Waals surface area contributed by atoms with Crippen LogP contribution in [0.3, 0.4) is 0 Å². The highest BCUT2D eigenvalue weighted by molar-refractivity contribution is 6.30. The van der Waals surface area contributed by atoms with E-state index >= 15 is 0 Å². The van der Waals surface area contributed by atoms with Gasteiger partial charge in [0.2, 0.25) is 11.7 Å². The summed E-state index contributed by atoms with van der Waals surface area (Å²) in [4.78, 5) is 6.92. The number of likely N-dealkylation sites (tertiary alicyclic amines) is 1. The van der Waals surface area contributed by atoms with Crippen molar-refractivity contribution < 1.29 is 4.52 Å². The van der Waals surface area contributed by atoms with E-state index in [4.69, 9.17) is 21.9 Å². The molecule has 0 radical (unpaired) electrons. The Kier molecular flexibility index (Phi) is 5.45. The van der Waals surface area contributed by atoms with Gasteiger partial charge in [-0.15, -0.1) is 12.4 Å². The van der Waals surface area contributed by atoms with E-state index in [0.717, 1.165) is 31.0 Å². The number of aromatic nitrogens is 2. The minimum absolute atomic E-state index is 0. The number of rotatable bonds is 3. The molecule has 2 aromatic rings. The molecule has 2 fully saturated rings. The molecular formula is C17H22Cl2N4O. The number of fused-ring (bicyclic) bond motifs is 1. The van der Waals surface area contributed by atoms with Crippen molar-refractivity contribution in [3.63, 3.8) is 0 Å². The summed E-state index contributed by atoms with van der Waals surface area (Å²) in [5.41, 5.74) is 7.20. The molecule has 1 aliphatic heterocycles. The van der Waals surface area contributed by atoms with E-state index in [1.54, 1.807) is 0 Å². The van der Waals surface area contributed by atoms with Gasteiger partial charge in [0.25, 0.3) is 0 Å². The third kappa shape index (κ3) is 3.59. The summed E-state index contributed by atoms with van der Waals surface area (Å²) < 4.78 is 5.42. The highest BCUT2D eigenvalue weighted by Gasteiger charge is 2.38. The van der Waals surface area contributed by atoms with Crippen LogP contribution in [0, 0.1) is 11.8 Å². The van der Waals surface area contributed by atoms with Gasteiger partial charge in [-0.2, -0.15) is 4.98 Å². The highest BCUT2D eigenvalue weighted by Crippen LogP contribution is 2.36. The fraction of sp³-hybridized carbons (Fsp3) is 0.529. The van der Waals surface area contributed by atoms with Crippen LogP contribution in [0.1, 0.15) is 25.2 Å². The summed E-state index contributed by atoms with van der Waals surface area (Å²) in [6.45, 7) is 2.85. The molecule has 1 saturated heterocycles. The fourth-order valence-electron chi connectivity index (χ4n) is 3.96. The maximum atomic E-state index is 6.28. The Morgan fingerprint density at radius 3 is 2.75 bits per heavy atom. The van der Waals surface area contributed by atoms with E-state index in [-0.39, 0.29) is 12.4 Å². The number of benzene rings is 1. The molecule has 2 aliphatic rings. The molecular weight excluding hydrogens is 347 g/mol. The molecule has 7 heteroatoms. The summed E-state index contributed by atoms with van der Waals surface area (Å²) in [6.07, 6.45) is 3.72. The lowest BCUT2D eigenvalue weighted by atomic mass is 9.78. The molecule has 24 heavy (non-hydrogen) atoms. The summed E-state index contributed by atoms with van der Waals surface area (Å²) in [5.74, 6) is 2.65. The first kappa shape index (κ1) is 17.7. The van der Waals surface area contributed by atoms with Crippen molar-refractivity contribution in [3.8, 4) is 11.4 Å². The molecule has 1 saturated carbocycles. The Morgan fingerprint density at radius 1 is 1.21 bits per heavy atom. The van der Waals surface area contributed by atoms with Gasteiger partial charge in [0.15, 0.2) is 0 Å². The maximum Gasteiger partial charge on any atom is 0.241 e. The molecule has 2 heterocycles. The monoisotopic (exact) mass is 368 g/mol. The summed E-state index contributed by atoms with van der Waals surface area (Å²) in [6, 6.07) is 7.82. The average molecular weight is 369 g/mol. The predicted octanol–water partition coefficient (Wildman–Crippen LogP) is 3.37. The van der Waals surface area contributed by atoms with Crippen LogP contribution in [0.2, 0.25) is 5.02 Å². The molecule has 0 amide bonds. The quantitative estimate of drug-likeness (QED) is 0.899. The second kappa shape index (κ2) is 7.40. The summed E-state index contributed by atoms with van der Waals surface area (Å²) in [7, 11) is 0. The van der Waals surface area contributed by atoms with E-state index in [1.807, 2.05) is 24.3 Å². The van der Waals surface area contributed by atoms with Crippen LogP contribution in [0.25, 0.3) is 11.4 Å². The first-order chi connectivity index (χ1) is 11.2. The number of nitrogens with two attached hydrogens (primary N) is 1. The number of hydrogen-bond acceptors (Lipinski definition) is 5. The lowest BCUT2D eigenvalue weighted by molar-refractivity contribution is 0.252. The number of hydrogen-bond donors (Lipinski definition) is 1. The minimum Gasteiger partial charge on any atom is -0.338 e. The van der Waals surface area contributed by atoms with Crippen molar-refractivity contribution in [1.29, 1.82) is 0 Å². The van der Waals surface area contributed by atoms with Gasteiger partial charge in [0.05, 0.1) is 6.54 Å². The van der Waals surface area contributed by atoms with Crippen LogP contribution in [-0.4, -0.2) is 34.2 Å². The first-order valence-electron chi connectivity index (χ1n) is 8.25. The third-order valence-electron chi connectivity index (χ3n) is 5.16. The Labute approximate surface area is 153 Å². The van der Waals surface area contributed by atoms with Crippen LogP contribution in [0.4, 0.5) is 0 Å². The van der Waals surface area contributed by atoms with E-state index < -0.39 is 0 Å². The maximum absolute atomic E-state index is 6.28. The molecule has 1 aromatic heterocycles. The topological polar surface area (TPSA) is 68.2 Å². The average Bonchev–Trinajstić information content (AvgIpc) is 3.16. The molecule has 1 aromatic carbocycles. The van der Waals surface area contributed by atoms with Crippen LogP contribution in [-0.2, 0) is 6.54 Å². The summed E-state index contributed by atoms with van der Waals surface area (Å²) >= 11 is 5.91. The SMILES string of the molecule is Cl.NC1CCCC2CN(Cc3nc(-c4ccc(Cl)cc4)no3)CC12. The molecule has 5 nitrogen and oxygen atoms in total. The number of halogens is 2. The second-order valence-corrected chi connectivity index (χ2v) is 7.17. The minimum atomic E-state index is 0. The van der Waals surface area contributed by atoms with Crippen molar-refractivity contribution >= 4 is 24.0 Å². The van der Waals surface area contributed by atoms with Crippen molar-refractivity contribution in [3.05, 3.63) is 35.2 Å². The molecule has 2 N–H and O–H groups in total. The van der Waals surface area contributed by atoms with Crippen LogP contribution in [0.15, 0.2) is 28.8 Å². The first-order valence-corrected chi connectivity index (χ1v) is 8.63. The van der Waals surface area contributed by atoms with E-state index in [9.17, 15) is 0 Å². The fourth-order valence-corrected chi connectivity index (χ4v) is 4.09. The smallest absolute Gasteiger partial charge is 0.241 e. The lowest BCUT2D eigenvalue weighted by Crippen LogP contribution is -2.38. The van der Waals surface area contributed by atoms with Crippen molar-refractivity contribution in [2.75, 3.05) is 13.1 Å². The van der Waals surface area contributed by atoms with Gasteiger partial charge in [-0.3, -0.25) is 4.90 Å². The van der Waals surface area contributed by atoms with Gasteiger partial charge in [0, 0.05) is 29.7 Å². The molecule has 4 rings (SSSR count). The van der Waals surface area contributed by atoms with Crippen LogP contribution < -0.4 is 5.73 Å². The third-order valence-corrected chi connectivity index (χ3v) is 5.41. The van der Waals surface area contributed by atoms with Crippen LogP contribution >= 0.6 is 24.0 Å². The Morgan fingerprint density at radius 2 is 2.00 bits per heavy atom. The van der Waals surface area contributed by atoms with Crippen molar-refractivity contribution in [2.24, 2.45) is 17.6 Å². The van der Waals surface area contributed by atoms with Gasteiger partial charge >= 0.3 is 0 Å². The van der Waals surface area contributed by atoms with Gasteiger partial charge in [-0.1, -0.05) is 23.2 Å². The molecule has 0 bridgehead atoms. The summed E-state index contributed by atoms with van der Waals surface area (Å²) in [5, 5.41) is 4.79. The number of nitrogens with zero attached hydrogens (tertiary/aromatic N) is 3. The molecule has 1 aliphatic carbocycles. The molecule has 0 spiro atoms. The van der Waals surface area contributed by atoms with Crippen molar-refractivity contribution in [2.45, 2.75) is 31.8 Å². The lowest BCUT2D eigenvalue weighted by Gasteiger charge is -2.29. The zero-order chi connectivity index (χ0) is 15.8. The molecule has 3 unspecified atom stereocenters. The highest BCUT2D eigenvalue weighted by atomic mass is 35.5. The standard InChI is InChI=1S/C17H21ClN4O.ClH/c18-13-6-4-11(5-7-13)17-20-16(23-21-17)10-22-8-12-2-1-3-15(19)14(12)9-22;/h4-7,12,14-15H,1-3,8-10,19H2;1H. The zero-order valence-corrected chi connectivity index (χ0v) is 15.0. The van der Waals surface area contributed by atoms with Gasteiger partial charge < -0.3 is 10.3 Å². The van der Waals surface area contributed by atoms with Gasteiger partial charge in [-0.25, -0.2) is 0 Å². The zero-order valence-electron chi connectivity index (χ0n) is 13.4. The Hall–Kier alpha value is -1.14. The Bertz CT molecular complexity index is 675. The normalized spacial score (nSPS) is 26.8. The van der Waals surface area contributed by atoms with E-state index in [1.165, 1.54) is 12.8 Å². The van der Waals surface area contributed by atoms with Gasteiger partial charge in [-0.05, 0) is 48.9 Å². The van der Waals surface area contributed by atoms with Crippen LogP contribution in [0.5, 0.6) is 0 Å². The van der Waals surface area contributed by atoms with Crippen molar-refractivity contribution in [1.82, 2.24) is 15.0 Å².